The summed E-state index contributed by atoms with van der Waals surface area (Å²) in [6.45, 7) is 1.59. The molecule has 2 rings (SSSR count). The smallest absolute Gasteiger partial charge is 0.234 e. The first-order valence-corrected chi connectivity index (χ1v) is 6.90. The number of rotatable bonds is 5. The normalized spacial score (nSPS) is 19.6. The SMILES string of the molecule is O=C(CN1CCCC(O)C1)NCC(=O)c1ccccc1. The maximum absolute atomic E-state index is 11.8. The second kappa shape index (κ2) is 7.17. The zero-order valence-corrected chi connectivity index (χ0v) is 11.4. The highest BCUT2D eigenvalue weighted by atomic mass is 16.3. The molecule has 0 bridgehead atoms. The number of hydrogen-bond acceptors (Lipinski definition) is 4. The number of benzene rings is 1. The Morgan fingerprint density at radius 2 is 2.05 bits per heavy atom. The number of aliphatic hydroxyl groups excluding tert-OH is 1. The van der Waals surface area contributed by atoms with Crippen LogP contribution in [0.2, 0.25) is 0 Å². The summed E-state index contributed by atoms with van der Waals surface area (Å²) >= 11 is 0. The monoisotopic (exact) mass is 276 g/mol. The lowest BCUT2D eigenvalue weighted by Gasteiger charge is -2.29. The van der Waals surface area contributed by atoms with Gasteiger partial charge in [-0.15, -0.1) is 0 Å². The van der Waals surface area contributed by atoms with Gasteiger partial charge in [0, 0.05) is 12.1 Å². The molecule has 5 heteroatoms. The van der Waals surface area contributed by atoms with Crippen molar-refractivity contribution in [3.63, 3.8) is 0 Å². The molecule has 0 saturated carbocycles. The summed E-state index contributed by atoms with van der Waals surface area (Å²) in [6.07, 6.45) is 1.35. The molecule has 0 spiro atoms. The van der Waals surface area contributed by atoms with Crippen LogP contribution in [0.15, 0.2) is 30.3 Å². The molecule has 20 heavy (non-hydrogen) atoms. The number of ketones is 1. The van der Waals surface area contributed by atoms with Crippen molar-refractivity contribution in [2.45, 2.75) is 18.9 Å². The van der Waals surface area contributed by atoms with Gasteiger partial charge in [-0.3, -0.25) is 14.5 Å². The van der Waals surface area contributed by atoms with Gasteiger partial charge in [-0.2, -0.15) is 0 Å². The molecule has 108 valence electrons. The maximum Gasteiger partial charge on any atom is 0.234 e. The minimum Gasteiger partial charge on any atom is -0.392 e. The highest BCUT2D eigenvalue weighted by molar-refractivity contribution is 5.99. The van der Waals surface area contributed by atoms with E-state index in [9.17, 15) is 14.7 Å². The Labute approximate surface area is 118 Å². The van der Waals surface area contributed by atoms with Gasteiger partial charge in [-0.25, -0.2) is 0 Å². The quantitative estimate of drug-likeness (QED) is 0.766. The number of piperidine rings is 1. The lowest BCUT2D eigenvalue weighted by atomic mass is 10.1. The highest BCUT2D eigenvalue weighted by Crippen LogP contribution is 2.08. The highest BCUT2D eigenvalue weighted by Gasteiger charge is 2.19. The van der Waals surface area contributed by atoms with E-state index in [0.29, 0.717) is 12.1 Å². The Kier molecular flexibility index (Phi) is 5.26. The van der Waals surface area contributed by atoms with Crippen LogP contribution in [0.1, 0.15) is 23.2 Å². The Morgan fingerprint density at radius 1 is 1.30 bits per heavy atom. The molecule has 1 fully saturated rings. The van der Waals surface area contributed by atoms with Crippen LogP contribution in [0, 0.1) is 0 Å². The second-order valence-corrected chi connectivity index (χ2v) is 5.10. The first kappa shape index (κ1) is 14.7. The van der Waals surface area contributed by atoms with Gasteiger partial charge in [0.2, 0.25) is 5.91 Å². The summed E-state index contributed by atoms with van der Waals surface area (Å²) in [4.78, 5) is 25.5. The van der Waals surface area contributed by atoms with Gasteiger partial charge in [0.15, 0.2) is 5.78 Å². The van der Waals surface area contributed by atoms with Gasteiger partial charge < -0.3 is 10.4 Å². The van der Waals surface area contributed by atoms with Crippen molar-refractivity contribution in [2.24, 2.45) is 0 Å². The Balaban J connectivity index is 1.73. The van der Waals surface area contributed by atoms with Gasteiger partial charge in [-0.05, 0) is 19.4 Å². The molecule has 0 aliphatic carbocycles. The summed E-state index contributed by atoms with van der Waals surface area (Å²) in [7, 11) is 0. The van der Waals surface area contributed by atoms with E-state index in [-0.39, 0.29) is 30.9 Å². The van der Waals surface area contributed by atoms with E-state index < -0.39 is 0 Å². The standard InChI is InChI=1S/C15H20N2O3/c18-13-7-4-8-17(10-13)11-15(20)16-9-14(19)12-5-2-1-3-6-12/h1-3,5-6,13,18H,4,7-11H2,(H,16,20). The van der Waals surface area contributed by atoms with Crippen molar-refractivity contribution in [3.8, 4) is 0 Å². The molecule has 0 radical (unpaired) electrons. The first-order chi connectivity index (χ1) is 9.65. The third-order valence-corrected chi connectivity index (χ3v) is 3.39. The van der Waals surface area contributed by atoms with E-state index in [1.165, 1.54) is 0 Å². The number of nitrogens with zero attached hydrogens (tertiary/aromatic N) is 1. The number of aliphatic hydroxyl groups is 1. The van der Waals surface area contributed by atoms with Gasteiger partial charge in [0.25, 0.3) is 0 Å². The van der Waals surface area contributed by atoms with Crippen molar-refractivity contribution in [1.29, 1.82) is 0 Å². The van der Waals surface area contributed by atoms with Crippen LogP contribution >= 0.6 is 0 Å². The lowest BCUT2D eigenvalue weighted by Crippen LogP contribution is -2.45. The van der Waals surface area contributed by atoms with Gasteiger partial charge in [0.05, 0.1) is 19.2 Å². The summed E-state index contributed by atoms with van der Waals surface area (Å²) in [5.41, 5.74) is 0.598. The van der Waals surface area contributed by atoms with Crippen LogP contribution in [-0.2, 0) is 4.79 Å². The molecular weight excluding hydrogens is 256 g/mol. The number of carbonyl (C=O) groups excluding carboxylic acids is 2. The molecule has 1 unspecified atom stereocenters. The molecule has 1 saturated heterocycles. The van der Waals surface area contributed by atoms with Crippen molar-refractivity contribution in [3.05, 3.63) is 35.9 Å². The third kappa shape index (κ3) is 4.43. The first-order valence-electron chi connectivity index (χ1n) is 6.90. The van der Waals surface area contributed by atoms with E-state index in [4.69, 9.17) is 0 Å². The van der Waals surface area contributed by atoms with Crippen LogP contribution < -0.4 is 5.32 Å². The van der Waals surface area contributed by atoms with Crippen LogP contribution in [0.25, 0.3) is 0 Å². The molecule has 5 nitrogen and oxygen atoms in total. The molecule has 1 amide bonds. The number of likely N-dealkylation sites (tertiary alicyclic amines) is 1. The molecule has 1 atom stereocenters. The summed E-state index contributed by atoms with van der Waals surface area (Å²) < 4.78 is 0. The number of nitrogens with one attached hydrogen (secondary N) is 1. The van der Waals surface area contributed by atoms with E-state index in [0.717, 1.165) is 19.4 Å². The average Bonchev–Trinajstić information content (AvgIpc) is 2.46. The van der Waals surface area contributed by atoms with Crippen molar-refractivity contribution < 1.29 is 14.7 Å². The number of carbonyl (C=O) groups is 2. The fraction of sp³-hybridized carbons (Fsp3) is 0.467. The van der Waals surface area contributed by atoms with Gasteiger partial charge in [-0.1, -0.05) is 30.3 Å². The van der Waals surface area contributed by atoms with Crippen molar-refractivity contribution >= 4 is 11.7 Å². The van der Waals surface area contributed by atoms with Gasteiger partial charge >= 0.3 is 0 Å². The fourth-order valence-corrected chi connectivity index (χ4v) is 2.34. The minimum atomic E-state index is -0.345. The minimum absolute atomic E-state index is 0.0131. The molecule has 1 aromatic rings. The molecule has 1 aliphatic rings. The largest absolute Gasteiger partial charge is 0.392 e. The number of Topliss-reactive ketones (excluding diaryl/α,β-unsaturated/α-hetero) is 1. The fourth-order valence-electron chi connectivity index (χ4n) is 2.34. The average molecular weight is 276 g/mol. The van der Waals surface area contributed by atoms with Crippen molar-refractivity contribution in [2.75, 3.05) is 26.2 Å². The number of β-amino-alcohol motifs (C(OH)–C–C–N with tert-alkyl or cyclic N) is 1. The van der Waals surface area contributed by atoms with E-state index in [1.807, 2.05) is 11.0 Å². The molecule has 0 aromatic heterocycles. The van der Waals surface area contributed by atoms with Crippen LogP contribution in [-0.4, -0.2) is 54.0 Å². The van der Waals surface area contributed by atoms with Gasteiger partial charge in [0.1, 0.15) is 0 Å². The van der Waals surface area contributed by atoms with Crippen LogP contribution in [0.3, 0.4) is 0 Å². The summed E-state index contributed by atoms with van der Waals surface area (Å²) in [6, 6.07) is 8.90. The third-order valence-electron chi connectivity index (χ3n) is 3.39. The van der Waals surface area contributed by atoms with Crippen LogP contribution in [0.5, 0.6) is 0 Å². The Hall–Kier alpha value is -1.72. The molecular formula is C15H20N2O3. The zero-order valence-electron chi connectivity index (χ0n) is 11.4. The predicted molar refractivity (Wildman–Crippen MR) is 75.5 cm³/mol. The maximum atomic E-state index is 11.8. The van der Waals surface area contributed by atoms with E-state index in [2.05, 4.69) is 5.32 Å². The Bertz CT molecular complexity index is 461. The van der Waals surface area contributed by atoms with Crippen LogP contribution in [0.4, 0.5) is 0 Å². The second-order valence-electron chi connectivity index (χ2n) is 5.10. The topological polar surface area (TPSA) is 69.6 Å². The molecule has 1 aliphatic heterocycles. The lowest BCUT2D eigenvalue weighted by molar-refractivity contribution is -0.122. The number of amides is 1. The molecule has 1 aromatic carbocycles. The van der Waals surface area contributed by atoms with E-state index >= 15 is 0 Å². The number of hydrogen-bond donors (Lipinski definition) is 2. The Morgan fingerprint density at radius 3 is 2.75 bits per heavy atom. The molecule has 1 heterocycles. The predicted octanol–water partition coefficient (Wildman–Crippen LogP) is 0.442. The zero-order chi connectivity index (χ0) is 14.4. The molecule has 2 N–H and O–H groups in total. The summed E-state index contributed by atoms with van der Waals surface area (Å²) in [5, 5.41) is 12.2. The van der Waals surface area contributed by atoms with Crippen molar-refractivity contribution in [1.82, 2.24) is 10.2 Å². The summed E-state index contributed by atoms with van der Waals surface area (Å²) in [5.74, 6) is -0.277. The van der Waals surface area contributed by atoms with E-state index in [1.54, 1.807) is 24.3 Å².